The van der Waals surface area contributed by atoms with Crippen molar-refractivity contribution in [1.29, 1.82) is 0 Å². The van der Waals surface area contributed by atoms with Gasteiger partial charge in [0.1, 0.15) is 0 Å². The molecule has 1 amide bonds. The van der Waals surface area contributed by atoms with Crippen LogP contribution >= 0.6 is 11.6 Å². The highest BCUT2D eigenvalue weighted by Gasteiger charge is 2.36. The van der Waals surface area contributed by atoms with Crippen molar-refractivity contribution in [3.63, 3.8) is 0 Å². The minimum absolute atomic E-state index is 0.00152. The minimum Gasteiger partial charge on any atom is -0.330 e. The second kappa shape index (κ2) is 6.34. The van der Waals surface area contributed by atoms with Gasteiger partial charge >= 0.3 is 0 Å². The molecule has 1 aliphatic heterocycles. The van der Waals surface area contributed by atoms with Crippen LogP contribution in [0.2, 0.25) is 5.02 Å². The number of rotatable bonds is 4. The highest BCUT2D eigenvalue weighted by atomic mass is 35.5. The number of nitrogens with two attached hydrogens (primary N) is 1. The molecule has 0 radical (unpaired) electrons. The number of amides is 1. The van der Waals surface area contributed by atoms with Gasteiger partial charge in [-0.2, -0.15) is 0 Å². The van der Waals surface area contributed by atoms with Crippen LogP contribution < -0.4 is 11.1 Å². The van der Waals surface area contributed by atoms with Gasteiger partial charge in [0.05, 0.1) is 6.04 Å². The lowest BCUT2D eigenvalue weighted by atomic mass is 9.90. The Bertz CT molecular complexity index is 534. The molecule has 0 saturated carbocycles. The Morgan fingerprint density at radius 2 is 2.29 bits per heavy atom. The number of hydrogen-bond acceptors (Lipinski definition) is 3. The molecule has 1 aromatic rings. The summed E-state index contributed by atoms with van der Waals surface area (Å²) in [6, 6.07) is 5.37. The molecule has 21 heavy (non-hydrogen) atoms. The van der Waals surface area contributed by atoms with Gasteiger partial charge in [0.25, 0.3) is 0 Å². The lowest BCUT2D eigenvalue weighted by Crippen LogP contribution is -2.42. The maximum absolute atomic E-state index is 12.4. The van der Waals surface area contributed by atoms with E-state index in [1.807, 2.05) is 32.0 Å². The zero-order valence-electron chi connectivity index (χ0n) is 12.9. The molecule has 5 heteroatoms. The number of carbonyl (C=O) groups is 1. The number of carbonyl (C=O) groups excluding carboxylic acids is 1. The molecule has 1 aromatic carbocycles. The van der Waals surface area contributed by atoms with Crippen molar-refractivity contribution < 1.29 is 4.79 Å². The Balaban J connectivity index is 2.02. The summed E-state index contributed by atoms with van der Waals surface area (Å²) in [6.07, 6.45) is 1.04. The van der Waals surface area contributed by atoms with Gasteiger partial charge in [-0.3, -0.25) is 9.69 Å². The van der Waals surface area contributed by atoms with Crippen LogP contribution in [0.5, 0.6) is 0 Å². The van der Waals surface area contributed by atoms with E-state index in [1.165, 1.54) is 0 Å². The molecule has 1 heterocycles. The van der Waals surface area contributed by atoms with Crippen molar-refractivity contribution in [2.75, 3.05) is 25.0 Å². The number of halogens is 1. The SMILES string of the molecule is Cc1c(Cl)cccc1NC(=O)C(C)N1CCC(C)(CN)C1. The second-order valence-corrected chi connectivity index (χ2v) is 6.72. The summed E-state index contributed by atoms with van der Waals surface area (Å²) in [6.45, 7) is 8.47. The molecule has 2 atom stereocenters. The zero-order chi connectivity index (χ0) is 15.6. The predicted octanol–water partition coefficient (Wildman–Crippen LogP) is 2.65. The second-order valence-electron chi connectivity index (χ2n) is 6.31. The average molecular weight is 310 g/mol. The molecule has 4 nitrogen and oxygen atoms in total. The minimum atomic E-state index is -0.170. The van der Waals surface area contributed by atoms with E-state index in [0.29, 0.717) is 11.6 Å². The molecule has 0 spiro atoms. The third-order valence-electron chi connectivity index (χ3n) is 4.53. The van der Waals surface area contributed by atoms with Crippen molar-refractivity contribution >= 4 is 23.2 Å². The quantitative estimate of drug-likeness (QED) is 0.899. The first-order chi connectivity index (χ1) is 9.86. The van der Waals surface area contributed by atoms with Crippen molar-refractivity contribution in [3.05, 3.63) is 28.8 Å². The summed E-state index contributed by atoms with van der Waals surface area (Å²) < 4.78 is 0. The van der Waals surface area contributed by atoms with Gasteiger partial charge in [0.2, 0.25) is 5.91 Å². The van der Waals surface area contributed by atoms with Gasteiger partial charge < -0.3 is 11.1 Å². The monoisotopic (exact) mass is 309 g/mol. The fourth-order valence-electron chi connectivity index (χ4n) is 2.71. The summed E-state index contributed by atoms with van der Waals surface area (Å²) in [5.74, 6) is 0.00152. The number of hydrogen-bond donors (Lipinski definition) is 2. The smallest absolute Gasteiger partial charge is 0.241 e. The largest absolute Gasteiger partial charge is 0.330 e. The van der Waals surface area contributed by atoms with Gasteiger partial charge in [-0.05, 0) is 56.5 Å². The maximum atomic E-state index is 12.4. The Labute approximate surface area is 131 Å². The summed E-state index contributed by atoms with van der Waals surface area (Å²) in [5, 5.41) is 3.64. The fraction of sp³-hybridized carbons (Fsp3) is 0.562. The number of likely N-dealkylation sites (tertiary alicyclic amines) is 1. The van der Waals surface area contributed by atoms with Gasteiger partial charge in [-0.25, -0.2) is 0 Å². The first-order valence-electron chi connectivity index (χ1n) is 7.36. The van der Waals surface area contributed by atoms with E-state index in [4.69, 9.17) is 17.3 Å². The summed E-state index contributed by atoms with van der Waals surface area (Å²) in [7, 11) is 0. The molecule has 3 N–H and O–H groups in total. The van der Waals surface area contributed by atoms with E-state index in [9.17, 15) is 4.79 Å². The van der Waals surface area contributed by atoms with Crippen molar-refractivity contribution in [2.45, 2.75) is 33.2 Å². The molecule has 0 aliphatic carbocycles. The van der Waals surface area contributed by atoms with E-state index in [1.54, 1.807) is 0 Å². The molecule has 116 valence electrons. The van der Waals surface area contributed by atoms with Crippen LogP contribution in [0.1, 0.15) is 25.8 Å². The van der Waals surface area contributed by atoms with Crippen LogP contribution in [0, 0.1) is 12.3 Å². The number of nitrogens with one attached hydrogen (secondary N) is 1. The Kier molecular flexibility index (Phi) is 4.91. The van der Waals surface area contributed by atoms with Crippen LogP contribution in [0.3, 0.4) is 0 Å². The number of benzene rings is 1. The van der Waals surface area contributed by atoms with Crippen molar-refractivity contribution in [3.8, 4) is 0 Å². The molecular weight excluding hydrogens is 286 g/mol. The van der Waals surface area contributed by atoms with Gasteiger partial charge in [-0.15, -0.1) is 0 Å². The third kappa shape index (κ3) is 3.57. The van der Waals surface area contributed by atoms with E-state index in [0.717, 1.165) is 30.8 Å². The Morgan fingerprint density at radius 1 is 1.57 bits per heavy atom. The van der Waals surface area contributed by atoms with Crippen LogP contribution in [0.15, 0.2) is 18.2 Å². The molecule has 2 unspecified atom stereocenters. The predicted molar refractivity (Wildman–Crippen MR) is 87.6 cm³/mol. The van der Waals surface area contributed by atoms with Gasteiger partial charge in [0.15, 0.2) is 0 Å². The molecule has 1 saturated heterocycles. The Morgan fingerprint density at radius 3 is 2.90 bits per heavy atom. The fourth-order valence-corrected chi connectivity index (χ4v) is 2.88. The molecule has 1 aliphatic rings. The summed E-state index contributed by atoms with van der Waals surface area (Å²) in [4.78, 5) is 14.6. The average Bonchev–Trinajstić information content (AvgIpc) is 2.86. The molecule has 0 aromatic heterocycles. The lowest BCUT2D eigenvalue weighted by molar-refractivity contribution is -0.120. The van der Waals surface area contributed by atoms with Crippen molar-refractivity contribution in [2.24, 2.45) is 11.1 Å². The van der Waals surface area contributed by atoms with Crippen LogP contribution in [-0.4, -0.2) is 36.5 Å². The highest BCUT2D eigenvalue weighted by Crippen LogP contribution is 2.30. The first-order valence-corrected chi connectivity index (χ1v) is 7.74. The molecule has 0 bridgehead atoms. The zero-order valence-corrected chi connectivity index (χ0v) is 13.7. The summed E-state index contributed by atoms with van der Waals surface area (Å²) in [5.41, 5.74) is 7.62. The molecule has 1 fully saturated rings. The molecular formula is C16H24ClN3O. The third-order valence-corrected chi connectivity index (χ3v) is 4.94. The van der Waals surface area contributed by atoms with Crippen molar-refractivity contribution in [1.82, 2.24) is 4.90 Å². The lowest BCUT2D eigenvalue weighted by Gasteiger charge is -2.26. The van der Waals surface area contributed by atoms with E-state index in [2.05, 4.69) is 17.1 Å². The number of nitrogens with zero attached hydrogens (tertiary/aromatic N) is 1. The van der Waals surface area contributed by atoms with Crippen LogP contribution in [-0.2, 0) is 4.79 Å². The van der Waals surface area contributed by atoms with E-state index < -0.39 is 0 Å². The first kappa shape index (κ1) is 16.3. The summed E-state index contributed by atoms with van der Waals surface area (Å²) >= 11 is 6.08. The van der Waals surface area contributed by atoms with E-state index in [-0.39, 0.29) is 17.4 Å². The maximum Gasteiger partial charge on any atom is 0.241 e. The topological polar surface area (TPSA) is 58.4 Å². The van der Waals surface area contributed by atoms with Crippen LogP contribution in [0.4, 0.5) is 5.69 Å². The number of anilines is 1. The molecule has 2 rings (SSSR count). The standard InChI is InChI=1S/C16H24ClN3O/c1-11-13(17)5-4-6-14(11)19-15(21)12(2)20-8-7-16(3,9-18)10-20/h4-6,12H,7-10,18H2,1-3H3,(H,19,21). The highest BCUT2D eigenvalue weighted by molar-refractivity contribution is 6.31. The Hall–Kier alpha value is -1.10. The normalized spacial score (nSPS) is 24.0. The van der Waals surface area contributed by atoms with E-state index >= 15 is 0 Å². The van der Waals surface area contributed by atoms with Gasteiger partial charge in [-0.1, -0.05) is 24.6 Å². The van der Waals surface area contributed by atoms with Crippen LogP contribution in [0.25, 0.3) is 0 Å². The van der Waals surface area contributed by atoms with Gasteiger partial charge in [0, 0.05) is 17.3 Å².